The lowest BCUT2D eigenvalue weighted by molar-refractivity contribution is 0.204. The van der Waals surface area contributed by atoms with E-state index in [1.807, 2.05) is 14.0 Å². The number of nitrogens with one attached hydrogen (secondary N) is 1. The Hall–Kier alpha value is -0.730. The van der Waals surface area contributed by atoms with Crippen molar-refractivity contribution >= 4 is 6.03 Å². The molecular formula is C15H30N2O. The van der Waals surface area contributed by atoms with Gasteiger partial charge in [-0.3, -0.25) is 0 Å². The third-order valence-corrected chi connectivity index (χ3v) is 4.56. The van der Waals surface area contributed by atoms with Crippen molar-refractivity contribution in [3.8, 4) is 0 Å². The smallest absolute Gasteiger partial charge is 0.317 e. The normalized spacial score (nSPS) is 25.2. The molecule has 3 nitrogen and oxygen atoms in total. The van der Waals surface area contributed by atoms with E-state index in [0.29, 0.717) is 6.04 Å². The molecule has 0 bridgehead atoms. The summed E-state index contributed by atoms with van der Waals surface area (Å²) in [5.74, 6) is 2.37. The van der Waals surface area contributed by atoms with Crippen LogP contribution in [0.4, 0.5) is 4.79 Å². The van der Waals surface area contributed by atoms with E-state index in [1.54, 1.807) is 4.90 Å². The maximum atomic E-state index is 11.8. The zero-order valence-electron chi connectivity index (χ0n) is 12.7. The summed E-state index contributed by atoms with van der Waals surface area (Å²) >= 11 is 0. The van der Waals surface area contributed by atoms with Crippen LogP contribution in [-0.2, 0) is 0 Å². The zero-order valence-corrected chi connectivity index (χ0v) is 12.7. The van der Waals surface area contributed by atoms with Crippen LogP contribution in [0.2, 0.25) is 0 Å². The van der Waals surface area contributed by atoms with Crippen LogP contribution in [0, 0.1) is 17.8 Å². The van der Waals surface area contributed by atoms with Crippen LogP contribution < -0.4 is 5.32 Å². The van der Waals surface area contributed by atoms with E-state index in [4.69, 9.17) is 0 Å². The van der Waals surface area contributed by atoms with E-state index in [2.05, 4.69) is 26.1 Å². The number of hydrogen-bond acceptors (Lipinski definition) is 1. The predicted molar refractivity (Wildman–Crippen MR) is 76.6 cm³/mol. The summed E-state index contributed by atoms with van der Waals surface area (Å²) in [4.78, 5) is 13.6. The van der Waals surface area contributed by atoms with Gasteiger partial charge >= 0.3 is 6.03 Å². The van der Waals surface area contributed by atoms with Crippen LogP contribution in [-0.4, -0.2) is 30.6 Å². The monoisotopic (exact) mass is 254 g/mol. The highest BCUT2D eigenvalue weighted by Gasteiger charge is 2.32. The minimum atomic E-state index is 0.0840. The molecule has 1 saturated carbocycles. The highest BCUT2D eigenvalue weighted by atomic mass is 16.2. The fourth-order valence-corrected chi connectivity index (χ4v) is 3.31. The van der Waals surface area contributed by atoms with Gasteiger partial charge in [0.1, 0.15) is 0 Å². The van der Waals surface area contributed by atoms with E-state index >= 15 is 0 Å². The number of amides is 2. The molecule has 0 heterocycles. The average molecular weight is 254 g/mol. The molecule has 3 unspecified atom stereocenters. The van der Waals surface area contributed by atoms with E-state index in [0.717, 1.165) is 30.7 Å². The average Bonchev–Trinajstić information content (AvgIpc) is 2.76. The Morgan fingerprint density at radius 1 is 1.33 bits per heavy atom. The van der Waals surface area contributed by atoms with Gasteiger partial charge in [-0.05, 0) is 43.9 Å². The first-order chi connectivity index (χ1) is 8.49. The summed E-state index contributed by atoms with van der Waals surface area (Å²) < 4.78 is 0. The Labute approximate surface area is 112 Å². The largest absolute Gasteiger partial charge is 0.335 e. The summed E-state index contributed by atoms with van der Waals surface area (Å²) in [6.07, 6.45) is 4.85. The fourth-order valence-electron chi connectivity index (χ4n) is 3.31. The van der Waals surface area contributed by atoms with Crippen LogP contribution in [0.5, 0.6) is 0 Å². The van der Waals surface area contributed by atoms with Crippen molar-refractivity contribution in [2.24, 2.45) is 17.8 Å². The molecule has 0 aromatic heterocycles. The Balaban J connectivity index is 2.43. The van der Waals surface area contributed by atoms with Crippen molar-refractivity contribution < 1.29 is 4.79 Å². The third-order valence-electron chi connectivity index (χ3n) is 4.56. The van der Waals surface area contributed by atoms with E-state index < -0.39 is 0 Å². The molecule has 1 rings (SSSR count). The Kier molecular flexibility index (Phi) is 5.97. The van der Waals surface area contributed by atoms with Gasteiger partial charge in [-0.15, -0.1) is 0 Å². The second kappa shape index (κ2) is 7.01. The molecule has 1 fully saturated rings. The quantitative estimate of drug-likeness (QED) is 0.800. The van der Waals surface area contributed by atoms with Crippen molar-refractivity contribution in [2.45, 2.75) is 59.4 Å². The van der Waals surface area contributed by atoms with Crippen molar-refractivity contribution in [1.29, 1.82) is 0 Å². The van der Waals surface area contributed by atoms with Gasteiger partial charge in [0.15, 0.2) is 0 Å². The predicted octanol–water partition coefficient (Wildman–Crippen LogP) is 3.50. The number of rotatable bonds is 5. The Morgan fingerprint density at radius 3 is 2.50 bits per heavy atom. The molecule has 0 radical (unpaired) electrons. The lowest BCUT2D eigenvalue weighted by Crippen LogP contribution is -2.42. The topological polar surface area (TPSA) is 32.3 Å². The SMILES string of the molecule is CCC(C(C)C)C1CCC(NC(=O)N(C)CC)C1. The van der Waals surface area contributed by atoms with Gasteiger partial charge < -0.3 is 10.2 Å². The van der Waals surface area contributed by atoms with Crippen LogP contribution in [0.15, 0.2) is 0 Å². The zero-order chi connectivity index (χ0) is 13.7. The maximum absolute atomic E-state index is 11.8. The van der Waals surface area contributed by atoms with Crippen molar-refractivity contribution in [3.63, 3.8) is 0 Å². The fraction of sp³-hybridized carbons (Fsp3) is 0.933. The van der Waals surface area contributed by atoms with E-state index in [9.17, 15) is 4.79 Å². The first-order valence-electron chi connectivity index (χ1n) is 7.51. The van der Waals surface area contributed by atoms with Gasteiger partial charge in [-0.25, -0.2) is 4.79 Å². The number of urea groups is 1. The van der Waals surface area contributed by atoms with E-state index in [1.165, 1.54) is 19.3 Å². The van der Waals surface area contributed by atoms with Gasteiger partial charge in [-0.1, -0.05) is 27.2 Å². The minimum absolute atomic E-state index is 0.0840. The first-order valence-corrected chi connectivity index (χ1v) is 7.51. The van der Waals surface area contributed by atoms with Crippen LogP contribution >= 0.6 is 0 Å². The second-order valence-corrected chi connectivity index (χ2v) is 6.05. The van der Waals surface area contributed by atoms with E-state index in [-0.39, 0.29) is 6.03 Å². The Morgan fingerprint density at radius 2 is 2.00 bits per heavy atom. The van der Waals surface area contributed by atoms with Gasteiger partial charge in [0, 0.05) is 19.6 Å². The molecule has 1 N–H and O–H groups in total. The number of carbonyl (C=O) groups excluding carboxylic acids is 1. The van der Waals surface area contributed by atoms with Crippen LogP contribution in [0.3, 0.4) is 0 Å². The maximum Gasteiger partial charge on any atom is 0.317 e. The molecule has 0 aromatic rings. The molecule has 0 saturated heterocycles. The number of nitrogens with zero attached hydrogens (tertiary/aromatic N) is 1. The summed E-state index contributed by atoms with van der Waals surface area (Å²) in [5.41, 5.74) is 0. The number of hydrogen-bond donors (Lipinski definition) is 1. The molecule has 1 aliphatic carbocycles. The highest BCUT2D eigenvalue weighted by molar-refractivity contribution is 5.74. The molecule has 0 aromatic carbocycles. The van der Waals surface area contributed by atoms with Gasteiger partial charge in [0.25, 0.3) is 0 Å². The summed E-state index contributed by atoms with van der Waals surface area (Å²) in [5, 5.41) is 3.16. The highest BCUT2D eigenvalue weighted by Crippen LogP contribution is 2.37. The lowest BCUT2D eigenvalue weighted by Gasteiger charge is -2.26. The van der Waals surface area contributed by atoms with Gasteiger partial charge in [0.2, 0.25) is 0 Å². The standard InChI is InChI=1S/C15H30N2O/c1-6-14(11(3)4)12-8-9-13(10-12)16-15(18)17(5)7-2/h11-14H,6-10H2,1-5H3,(H,16,18). The summed E-state index contributed by atoms with van der Waals surface area (Å²) in [6.45, 7) is 9.71. The van der Waals surface area contributed by atoms with Crippen molar-refractivity contribution in [1.82, 2.24) is 10.2 Å². The molecule has 0 aliphatic heterocycles. The molecule has 3 atom stereocenters. The molecule has 2 amide bonds. The van der Waals surface area contributed by atoms with Crippen LogP contribution in [0.25, 0.3) is 0 Å². The third kappa shape index (κ3) is 3.89. The molecule has 18 heavy (non-hydrogen) atoms. The molecule has 106 valence electrons. The Bertz CT molecular complexity index is 265. The van der Waals surface area contributed by atoms with Crippen LogP contribution in [0.1, 0.15) is 53.4 Å². The molecule has 3 heteroatoms. The molecule has 0 spiro atoms. The van der Waals surface area contributed by atoms with Crippen molar-refractivity contribution in [3.05, 3.63) is 0 Å². The molecular weight excluding hydrogens is 224 g/mol. The second-order valence-electron chi connectivity index (χ2n) is 6.05. The van der Waals surface area contributed by atoms with Gasteiger partial charge in [-0.2, -0.15) is 0 Å². The summed E-state index contributed by atoms with van der Waals surface area (Å²) in [6, 6.07) is 0.477. The summed E-state index contributed by atoms with van der Waals surface area (Å²) in [7, 11) is 1.85. The minimum Gasteiger partial charge on any atom is -0.335 e. The van der Waals surface area contributed by atoms with Crippen molar-refractivity contribution in [2.75, 3.05) is 13.6 Å². The lowest BCUT2D eigenvalue weighted by atomic mass is 9.80. The first kappa shape index (κ1) is 15.3. The number of carbonyl (C=O) groups is 1. The van der Waals surface area contributed by atoms with Gasteiger partial charge in [0.05, 0.1) is 0 Å². The molecule has 1 aliphatic rings.